The number of nitriles is 1. The molecule has 1 aliphatic rings. The highest BCUT2D eigenvalue weighted by Crippen LogP contribution is 2.28. The number of carbonyl (C=O) groups is 2. The molecule has 6 nitrogen and oxygen atoms in total. The van der Waals surface area contributed by atoms with Crippen LogP contribution in [0.2, 0.25) is 0 Å². The number of anilines is 1. The van der Waals surface area contributed by atoms with Crippen molar-refractivity contribution in [3.8, 4) is 6.07 Å². The molecule has 122 valence electrons. The Morgan fingerprint density at radius 1 is 1.26 bits per heavy atom. The molecular formula is C17H21N3O3. The van der Waals surface area contributed by atoms with Crippen LogP contribution in [0.1, 0.15) is 36.0 Å². The molecule has 2 rings (SSSR count). The number of hydrogen-bond acceptors (Lipinski definition) is 5. The van der Waals surface area contributed by atoms with Crippen LogP contribution in [-0.2, 0) is 9.53 Å². The largest absolute Gasteiger partial charge is 0.452 e. The van der Waals surface area contributed by atoms with Gasteiger partial charge in [0.25, 0.3) is 5.91 Å². The van der Waals surface area contributed by atoms with Gasteiger partial charge in [-0.15, -0.1) is 0 Å². The average molecular weight is 315 g/mol. The maximum absolute atomic E-state index is 11.9. The summed E-state index contributed by atoms with van der Waals surface area (Å²) in [6.07, 6.45) is 3.14. The van der Waals surface area contributed by atoms with Crippen molar-refractivity contribution in [1.29, 1.82) is 5.26 Å². The number of esters is 1. The lowest BCUT2D eigenvalue weighted by Gasteiger charge is -2.21. The second-order valence-corrected chi connectivity index (χ2v) is 5.97. The molecule has 0 radical (unpaired) electrons. The molecule has 0 saturated heterocycles. The summed E-state index contributed by atoms with van der Waals surface area (Å²) in [6, 6.07) is 9.09. The molecule has 1 amide bonds. The number of ether oxygens (including phenoxy) is 1. The fourth-order valence-corrected chi connectivity index (χ4v) is 2.66. The van der Waals surface area contributed by atoms with Crippen LogP contribution >= 0.6 is 0 Å². The molecule has 0 atom stereocenters. The van der Waals surface area contributed by atoms with Gasteiger partial charge in [-0.1, -0.05) is 0 Å². The van der Waals surface area contributed by atoms with Crippen molar-refractivity contribution < 1.29 is 14.3 Å². The van der Waals surface area contributed by atoms with Crippen molar-refractivity contribution >= 4 is 17.6 Å². The lowest BCUT2D eigenvalue weighted by atomic mass is 10.00. The van der Waals surface area contributed by atoms with Gasteiger partial charge in [0.15, 0.2) is 6.61 Å². The summed E-state index contributed by atoms with van der Waals surface area (Å²) in [5.41, 5.74) is 0.562. The Hall–Kier alpha value is -2.55. The van der Waals surface area contributed by atoms with Crippen molar-refractivity contribution in [3.05, 3.63) is 29.8 Å². The van der Waals surface area contributed by atoms with Gasteiger partial charge in [0.1, 0.15) is 5.54 Å². The molecule has 1 N–H and O–H groups in total. The molecule has 0 aromatic heterocycles. The van der Waals surface area contributed by atoms with Crippen molar-refractivity contribution in [2.75, 3.05) is 25.6 Å². The number of carbonyl (C=O) groups excluding carboxylic acids is 2. The van der Waals surface area contributed by atoms with Crippen molar-refractivity contribution in [2.24, 2.45) is 0 Å². The van der Waals surface area contributed by atoms with Crippen molar-refractivity contribution in [2.45, 2.75) is 31.2 Å². The van der Waals surface area contributed by atoms with Crippen LogP contribution in [0.15, 0.2) is 24.3 Å². The first-order valence-electron chi connectivity index (χ1n) is 7.62. The Bertz CT molecular complexity index is 611. The van der Waals surface area contributed by atoms with Crippen LogP contribution in [0.4, 0.5) is 5.69 Å². The van der Waals surface area contributed by atoms with Crippen LogP contribution in [0.5, 0.6) is 0 Å². The Balaban J connectivity index is 1.86. The van der Waals surface area contributed by atoms with E-state index < -0.39 is 17.4 Å². The van der Waals surface area contributed by atoms with Gasteiger partial charge in [-0.2, -0.15) is 5.26 Å². The lowest BCUT2D eigenvalue weighted by Crippen LogP contribution is -2.46. The third kappa shape index (κ3) is 4.22. The molecule has 0 aliphatic heterocycles. The SMILES string of the molecule is CN(C)c1ccc(C(=O)OCC(=O)NC2(C#N)CCCC2)cc1. The highest BCUT2D eigenvalue weighted by Gasteiger charge is 2.35. The Labute approximate surface area is 136 Å². The number of hydrogen-bond donors (Lipinski definition) is 1. The summed E-state index contributed by atoms with van der Waals surface area (Å²) in [4.78, 5) is 25.8. The van der Waals surface area contributed by atoms with E-state index in [2.05, 4.69) is 11.4 Å². The van der Waals surface area contributed by atoms with Crippen LogP contribution in [-0.4, -0.2) is 38.1 Å². The fraction of sp³-hybridized carbons (Fsp3) is 0.471. The summed E-state index contributed by atoms with van der Waals surface area (Å²) in [7, 11) is 3.82. The minimum Gasteiger partial charge on any atom is -0.452 e. The molecule has 1 aromatic carbocycles. The highest BCUT2D eigenvalue weighted by atomic mass is 16.5. The predicted molar refractivity (Wildman–Crippen MR) is 86.0 cm³/mol. The van der Waals surface area contributed by atoms with E-state index in [1.54, 1.807) is 24.3 Å². The number of amides is 1. The Morgan fingerprint density at radius 2 is 1.87 bits per heavy atom. The molecule has 1 aromatic rings. The van der Waals surface area contributed by atoms with Gasteiger partial charge in [-0.05, 0) is 49.9 Å². The van der Waals surface area contributed by atoms with E-state index in [1.807, 2.05) is 19.0 Å². The standard InChI is InChI=1S/C17H21N3O3/c1-20(2)14-7-5-13(6-8-14)16(22)23-11-15(21)19-17(12-18)9-3-4-10-17/h5-8H,3-4,9-11H2,1-2H3,(H,19,21). The zero-order valence-electron chi connectivity index (χ0n) is 13.5. The van der Waals surface area contributed by atoms with Gasteiger partial charge in [-0.25, -0.2) is 4.79 Å². The van der Waals surface area contributed by atoms with Crippen LogP contribution in [0.3, 0.4) is 0 Å². The monoisotopic (exact) mass is 315 g/mol. The molecule has 1 aliphatic carbocycles. The fourth-order valence-electron chi connectivity index (χ4n) is 2.66. The minimum atomic E-state index is -0.795. The molecule has 6 heteroatoms. The first-order chi connectivity index (χ1) is 11.0. The van der Waals surface area contributed by atoms with E-state index in [1.165, 1.54) is 0 Å². The lowest BCUT2D eigenvalue weighted by molar-refractivity contribution is -0.125. The van der Waals surface area contributed by atoms with Gasteiger partial charge in [-0.3, -0.25) is 4.79 Å². The summed E-state index contributed by atoms with van der Waals surface area (Å²) in [6.45, 7) is -0.377. The third-order valence-corrected chi connectivity index (χ3v) is 4.00. The van der Waals surface area contributed by atoms with E-state index >= 15 is 0 Å². The van der Waals surface area contributed by atoms with Crippen LogP contribution < -0.4 is 10.2 Å². The number of rotatable bonds is 5. The average Bonchev–Trinajstić information content (AvgIpc) is 3.01. The van der Waals surface area contributed by atoms with Crippen molar-refractivity contribution in [1.82, 2.24) is 5.32 Å². The van der Waals surface area contributed by atoms with Gasteiger partial charge in [0.2, 0.25) is 0 Å². The molecule has 0 spiro atoms. The smallest absolute Gasteiger partial charge is 0.338 e. The van der Waals surface area contributed by atoms with E-state index in [4.69, 9.17) is 4.74 Å². The Morgan fingerprint density at radius 3 is 2.39 bits per heavy atom. The molecule has 23 heavy (non-hydrogen) atoms. The zero-order chi connectivity index (χ0) is 16.9. The molecule has 0 unspecified atom stereocenters. The molecule has 1 saturated carbocycles. The molecule has 0 bridgehead atoms. The number of nitrogens with zero attached hydrogens (tertiary/aromatic N) is 2. The summed E-state index contributed by atoms with van der Waals surface area (Å²) in [5, 5.41) is 11.9. The predicted octanol–water partition coefficient (Wildman–Crippen LogP) is 1.86. The first kappa shape index (κ1) is 16.8. The van der Waals surface area contributed by atoms with Gasteiger partial charge in [0, 0.05) is 19.8 Å². The summed E-state index contributed by atoms with van der Waals surface area (Å²) >= 11 is 0. The first-order valence-corrected chi connectivity index (χ1v) is 7.62. The second-order valence-electron chi connectivity index (χ2n) is 5.97. The number of nitrogens with one attached hydrogen (secondary N) is 1. The maximum Gasteiger partial charge on any atom is 0.338 e. The van der Waals surface area contributed by atoms with Gasteiger partial charge >= 0.3 is 5.97 Å². The van der Waals surface area contributed by atoms with Crippen LogP contribution in [0, 0.1) is 11.3 Å². The minimum absolute atomic E-state index is 0.377. The normalized spacial score (nSPS) is 15.5. The summed E-state index contributed by atoms with van der Waals surface area (Å²) in [5.74, 6) is -0.991. The second kappa shape index (κ2) is 7.14. The van der Waals surface area contributed by atoms with E-state index in [0.717, 1.165) is 18.5 Å². The van der Waals surface area contributed by atoms with E-state index in [9.17, 15) is 14.9 Å². The van der Waals surface area contributed by atoms with E-state index in [0.29, 0.717) is 18.4 Å². The van der Waals surface area contributed by atoms with Gasteiger partial charge < -0.3 is 15.0 Å². The summed E-state index contributed by atoms with van der Waals surface area (Å²) < 4.78 is 5.02. The van der Waals surface area contributed by atoms with Gasteiger partial charge in [0.05, 0.1) is 11.6 Å². The topological polar surface area (TPSA) is 82.4 Å². The van der Waals surface area contributed by atoms with E-state index in [-0.39, 0.29) is 6.61 Å². The highest BCUT2D eigenvalue weighted by molar-refractivity contribution is 5.91. The molecular weight excluding hydrogens is 294 g/mol. The molecule has 1 fully saturated rings. The quantitative estimate of drug-likeness (QED) is 0.839. The van der Waals surface area contributed by atoms with Crippen LogP contribution in [0.25, 0.3) is 0 Å². The third-order valence-electron chi connectivity index (χ3n) is 4.00. The molecule has 0 heterocycles. The maximum atomic E-state index is 11.9. The Kier molecular flexibility index (Phi) is 5.22. The number of benzene rings is 1. The zero-order valence-corrected chi connectivity index (χ0v) is 13.5. The van der Waals surface area contributed by atoms with Crippen molar-refractivity contribution in [3.63, 3.8) is 0 Å².